The lowest BCUT2D eigenvalue weighted by molar-refractivity contribution is -0.303. The van der Waals surface area contributed by atoms with E-state index < -0.39 is 20.3 Å². The lowest BCUT2D eigenvalue weighted by Crippen LogP contribution is -2.21. The highest BCUT2D eigenvalue weighted by molar-refractivity contribution is 7.89. The zero-order valence-electron chi connectivity index (χ0n) is 14.9. The van der Waals surface area contributed by atoms with E-state index in [1.54, 1.807) is 36.4 Å². The van der Waals surface area contributed by atoms with Gasteiger partial charge in [0.05, 0.1) is 5.70 Å². The second-order valence-corrected chi connectivity index (χ2v) is 8.28. The van der Waals surface area contributed by atoms with Crippen molar-refractivity contribution in [3.8, 4) is 5.75 Å². The number of allylic oxidation sites excluding steroid dienone is 6. The monoisotopic (exact) mass is 409 g/mol. The van der Waals surface area contributed by atoms with Crippen molar-refractivity contribution < 1.29 is 17.9 Å². The molecule has 0 spiro atoms. The van der Waals surface area contributed by atoms with Gasteiger partial charge in [0.25, 0.3) is 0 Å². The molecule has 0 fully saturated rings. The molecule has 2 aromatic rings. The van der Waals surface area contributed by atoms with Crippen LogP contribution in [-0.2, 0) is 10.0 Å². The number of sulfonamides is 1. The van der Waals surface area contributed by atoms with Gasteiger partial charge in [-0.15, -0.1) is 5.11 Å². The van der Waals surface area contributed by atoms with Crippen LogP contribution in [0.3, 0.4) is 0 Å². The predicted octanol–water partition coefficient (Wildman–Crippen LogP) is 4.38. The first kappa shape index (κ1) is 18.8. The Labute approximate surface area is 166 Å². The Bertz CT molecular complexity index is 1270. The Morgan fingerprint density at radius 1 is 1.07 bits per heavy atom. The predicted molar refractivity (Wildman–Crippen MR) is 107 cm³/mol. The number of phenols is 1. The number of azo groups is 1. The zero-order chi connectivity index (χ0) is 20.6. The molecule has 0 amide bonds. The highest BCUT2D eigenvalue weighted by atomic mass is 32.2. The minimum absolute atomic E-state index is 0.00519. The largest absolute Gasteiger partial charge is 0.506 e. The van der Waals surface area contributed by atoms with E-state index in [1.165, 1.54) is 12.2 Å². The highest BCUT2D eigenvalue weighted by Gasteiger charge is 2.34. The Hall–Kier alpha value is -3.59. The van der Waals surface area contributed by atoms with E-state index in [-0.39, 0.29) is 16.6 Å². The molecule has 9 heteroatoms. The van der Waals surface area contributed by atoms with Gasteiger partial charge in [-0.1, -0.05) is 54.6 Å². The van der Waals surface area contributed by atoms with Crippen molar-refractivity contribution in [3.05, 3.63) is 93.6 Å². The molecule has 0 aliphatic heterocycles. The topological polar surface area (TPSA) is 122 Å². The van der Waals surface area contributed by atoms with E-state index in [0.717, 1.165) is 10.8 Å². The molecule has 2 unspecified atom stereocenters. The second kappa shape index (κ2) is 7.10. The van der Waals surface area contributed by atoms with Gasteiger partial charge in [-0.05, 0) is 23.6 Å². The van der Waals surface area contributed by atoms with Gasteiger partial charge in [0.2, 0.25) is 0 Å². The summed E-state index contributed by atoms with van der Waals surface area (Å²) in [5.41, 5.74) is 0.886. The van der Waals surface area contributed by atoms with Crippen molar-refractivity contribution >= 4 is 26.5 Å². The quantitative estimate of drug-likeness (QED) is 0.456. The Morgan fingerprint density at radius 3 is 2.66 bits per heavy atom. The SMILES string of the molecule is O=[N+]([O-])S(=O)(=O)C1=CC2C=CC=C(N=Nc3c(O)ccc4ccccc34)C2C=C1. The van der Waals surface area contributed by atoms with Crippen molar-refractivity contribution in [1.82, 2.24) is 0 Å². The van der Waals surface area contributed by atoms with Crippen LogP contribution in [0.1, 0.15) is 0 Å². The van der Waals surface area contributed by atoms with E-state index in [2.05, 4.69) is 10.2 Å². The summed E-state index contributed by atoms with van der Waals surface area (Å²) in [6.07, 6.45) is 9.31. The Balaban J connectivity index is 1.66. The van der Waals surface area contributed by atoms with Crippen molar-refractivity contribution in [2.45, 2.75) is 0 Å². The van der Waals surface area contributed by atoms with Gasteiger partial charge in [-0.3, -0.25) is 0 Å². The first-order valence-electron chi connectivity index (χ1n) is 8.68. The Kier molecular flexibility index (Phi) is 4.59. The zero-order valence-corrected chi connectivity index (χ0v) is 15.7. The summed E-state index contributed by atoms with van der Waals surface area (Å²) in [6.45, 7) is 0. The lowest BCUT2D eigenvalue weighted by atomic mass is 9.83. The van der Waals surface area contributed by atoms with Crippen LogP contribution in [0.2, 0.25) is 0 Å². The van der Waals surface area contributed by atoms with E-state index in [0.29, 0.717) is 11.4 Å². The van der Waals surface area contributed by atoms with Gasteiger partial charge in [-0.2, -0.15) is 13.5 Å². The highest BCUT2D eigenvalue weighted by Crippen LogP contribution is 2.38. The van der Waals surface area contributed by atoms with Crippen LogP contribution in [0, 0.1) is 22.0 Å². The average molecular weight is 409 g/mol. The van der Waals surface area contributed by atoms with Gasteiger partial charge in [0, 0.05) is 17.2 Å². The second-order valence-electron chi connectivity index (χ2n) is 6.56. The van der Waals surface area contributed by atoms with Gasteiger partial charge in [0.1, 0.15) is 16.3 Å². The molecule has 4 rings (SSSR count). The van der Waals surface area contributed by atoms with Crippen LogP contribution in [0.15, 0.2) is 93.7 Å². The third kappa shape index (κ3) is 3.36. The summed E-state index contributed by atoms with van der Waals surface area (Å²) in [4.78, 5) is 10.5. The van der Waals surface area contributed by atoms with E-state index in [4.69, 9.17) is 0 Å². The van der Waals surface area contributed by atoms with Gasteiger partial charge < -0.3 is 5.11 Å². The minimum atomic E-state index is -4.60. The standard InChI is InChI=1S/C20H15N3O5S/c24-19-11-8-13-4-1-2-6-17(13)20(19)22-21-18-7-3-5-14-12-15(9-10-16(14)18)29(27,28)23(25)26/h1-12,14,16,24H. The maximum absolute atomic E-state index is 11.8. The molecule has 146 valence electrons. The fourth-order valence-electron chi connectivity index (χ4n) is 3.35. The van der Waals surface area contributed by atoms with Crippen molar-refractivity contribution in [2.24, 2.45) is 22.1 Å². The van der Waals surface area contributed by atoms with Crippen molar-refractivity contribution in [2.75, 3.05) is 0 Å². The summed E-state index contributed by atoms with van der Waals surface area (Å²) >= 11 is 0. The molecular weight excluding hydrogens is 394 g/mol. The van der Waals surface area contributed by atoms with Crippen LogP contribution >= 0.6 is 0 Å². The number of aromatic hydroxyl groups is 1. The fourth-order valence-corrected chi connectivity index (χ4v) is 4.11. The fraction of sp³-hybridized carbons (Fsp3) is 0.100. The number of phenolic OH excluding ortho intramolecular Hbond substituents is 1. The third-order valence-corrected chi connectivity index (χ3v) is 6.08. The lowest BCUT2D eigenvalue weighted by Gasteiger charge is -2.24. The number of rotatable bonds is 4. The molecule has 0 radical (unpaired) electrons. The molecule has 2 aromatic carbocycles. The molecule has 0 bridgehead atoms. The molecule has 8 nitrogen and oxygen atoms in total. The van der Waals surface area contributed by atoms with E-state index in [9.17, 15) is 23.6 Å². The molecule has 29 heavy (non-hydrogen) atoms. The summed E-state index contributed by atoms with van der Waals surface area (Å²) in [7, 11) is -4.60. The number of fused-ring (bicyclic) bond motifs is 2. The van der Waals surface area contributed by atoms with E-state index >= 15 is 0 Å². The molecule has 2 atom stereocenters. The summed E-state index contributed by atoms with van der Waals surface area (Å²) < 4.78 is 22.3. The van der Waals surface area contributed by atoms with Crippen molar-refractivity contribution in [1.29, 1.82) is 0 Å². The molecule has 2 aliphatic rings. The van der Waals surface area contributed by atoms with Crippen LogP contribution in [-0.4, -0.2) is 17.9 Å². The molecule has 2 aliphatic carbocycles. The van der Waals surface area contributed by atoms with Gasteiger partial charge in [-0.25, -0.2) is 10.1 Å². The first-order chi connectivity index (χ1) is 13.9. The van der Waals surface area contributed by atoms with E-state index in [1.807, 2.05) is 24.3 Å². The molecule has 0 saturated heterocycles. The smallest absolute Gasteiger partial charge is 0.448 e. The minimum Gasteiger partial charge on any atom is -0.506 e. The average Bonchev–Trinajstić information content (AvgIpc) is 2.72. The number of nitrogens with zero attached hydrogens (tertiary/aromatic N) is 3. The number of benzene rings is 2. The molecule has 0 heterocycles. The molecule has 0 aromatic heterocycles. The maximum atomic E-state index is 11.8. The van der Waals surface area contributed by atoms with Gasteiger partial charge >= 0.3 is 10.0 Å². The first-order valence-corrected chi connectivity index (χ1v) is 10.1. The normalized spacial score (nSPS) is 21.1. The third-order valence-electron chi connectivity index (χ3n) is 4.82. The molecular formula is C20H15N3O5S. The van der Waals surface area contributed by atoms with Crippen LogP contribution < -0.4 is 0 Å². The number of nitro groups is 1. The molecule has 1 N–H and O–H groups in total. The maximum Gasteiger partial charge on any atom is 0.448 e. The Morgan fingerprint density at radius 2 is 1.86 bits per heavy atom. The summed E-state index contributed by atoms with van der Waals surface area (Å²) in [5.74, 6) is -0.717. The van der Waals surface area contributed by atoms with Crippen LogP contribution in [0.5, 0.6) is 5.75 Å². The number of hydrogen-bond acceptors (Lipinski definition) is 7. The van der Waals surface area contributed by atoms with Crippen molar-refractivity contribution in [3.63, 3.8) is 0 Å². The summed E-state index contributed by atoms with van der Waals surface area (Å²) in [5, 5.41) is 31.2. The van der Waals surface area contributed by atoms with Crippen LogP contribution in [0.4, 0.5) is 5.69 Å². The summed E-state index contributed by atoms with van der Waals surface area (Å²) in [6, 6.07) is 10.8. The van der Waals surface area contributed by atoms with Gasteiger partial charge in [0.15, 0.2) is 4.33 Å². The van der Waals surface area contributed by atoms with Crippen LogP contribution in [0.25, 0.3) is 10.8 Å². The number of hydrogen-bond donors (Lipinski definition) is 1. The molecule has 0 saturated carbocycles.